The van der Waals surface area contributed by atoms with Gasteiger partial charge in [0, 0.05) is 17.5 Å². The summed E-state index contributed by atoms with van der Waals surface area (Å²) in [6.45, 7) is 0.467. The summed E-state index contributed by atoms with van der Waals surface area (Å²) in [6.07, 6.45) is 0. The lowest BCUT2D eigenvalue weighted by atomic mass is 10.1. The Morgan fingerprint density at radius 1 is 0.963 bits per heavy atom. The molecule has 0 saturated carbocycles. The number of aliphatic hydroxyl groups excluding tert-OH is 1. The summed E-state index contributed by atoms with van der Waals surface area (Å²) >= 11 is 1.52. The predicted octanol–water partition coefficient (Wildman–Crippen LogP) is 3.47. The van der Waals surface area contributed by atoms with Gasteiger partial charge in [-0.2, -0.15) is 0 Å². The number of benzene rings is 2. The molecule has 0 atom stereocenters. The zero-order chi connectivity index (χ0) is 19.2. The van der Waals surface area contributed by atoms with E-state index in [1.54, 1.807) is 21.3 Å². The lowest BCUT2D eigenvalue weighted by Gasteiger charge is -2.11. The van der Waals surface area contributed by atoms with Gasteiger partial charge in [-0.1, -0.05) is 0 Å². The van der Waals surface area contributed by atoms with Gasteiger partial charge in [-0.3, -0.25) is 0 Å². The van der Waals surface area contributed by atoms with E-state index in [1.807, 2.05) is 52.4 Å². The van der Waals surface area contributed by atoms with Gasteiger partial charge in [0.15, 0.2) is 16.3 Å². The normalized spacial score (nSPS) is 11.5. The third-order valence-electron chi connectivity index (χ3n) is 4.10. The first kappa shape index (κ1) is 19.0. The quantitative estimate of drug-likeness (QED) is 0.675. The standard InChI is InChI=1S/C20H22N2O4S/c1-24-16-7-5-15(6-8-16)21-20-22(10-11-23)17(13-27-20)14-4-9-18(25-2)19(12-14)26-3/h4-9,12-13,23H,10-11H2,1-3H3. The highest BCUT2D eigenvalue weighted by atomic mass is 32.1. The predicted molar refractivity (Wildman–Crippen MR) is 106 cm³/mol. The fourth-order valence-corrected chi connectivity index (χ4v) is 3.68. The summed E-state index contributed by atoms with van der Waals surface area (Å²) in [7, 11) is 4.86. The molecule has 0 aliphatic heterocycles. The van der Waals surface area contributed by atoms with E-state index < -0.39 is 0 Å². The molecule has 3 rings (SSSR count). The Balaban J connectivity index is 2.06. The van der Waals surface area contributed by atoms with Gasteiger partial charge >= 0.3 is 0 Å². The smallest absolute Gasteiger partial charge is 0.190 e. The van der Waals surface area contributed by atoms with Crippen LogP contribution in [-0.2, 0) is 6.54 Å². The molecule has 0 bridgehead atoms. The first-order valence-electron chi connectivity index (χ1n) is 8.40. The number of rotatable bonds is 7. The van der Waals surface area contributed by atoms with Crippen LogP contribution in [0.1, 0.15) is 0 Å². The van der Waals surface area contributed by atoms with Gasteiger partial charge in [-0.25, -0.2) is 4.99 Å². The highest BCUT2D eigenvalue weighted by Gasteiger charge is 2.11. The van der Waals surface area contributed by atoms with Crippen LogP contribution in [0.3, 0.4) is 0 Å². The van der Waals surface area contributed by atoms with E-state index in [2.05, 4.69) is 0 Å². The number of nitrogens with zero attached hydrogens (tertiary/aromatic N) is 2. The molecule has 6 nitrogen and oxygen atoms in total. The Hall–Kier alpha value is -2.77. The number of thiazole rings is 1. The van der Waals surface area contributed by atoms with Crippen LogP contribution in [0.5, 0.6) is 17.2 Å². The van der Waals surface area contributed by atoms with E-state index in [4.69, 9.17) is 19.2 Å². The minimum absolute atomic E-state index is 0.0207. The third-order valence-corrected chi connectivity index (χ3v) is 4.96. The number of aromatic nitrogens is 1. The highest BCUT2D eigenvalue weighted by molar-refractivity contribution is 7.07. The molecule has 7 heteroatoms. The van der Waals surface area contributed by atoms with Crippen LogP contribution in [0, 0.1) is 0 Å². The molecule has 0 saturated heterocycles. The zero-order valence-electron chi connectivity index (χ0n) is 15.5. The third kappa shape index (κ3) is 4.15. The highest BCUT2D eigenvalue weighted by Crippen LogP contribution is 2.32. The average molecular weight is 386 g/mol. The topological polar surface area (TPSA) is 65.2 Å². The maximum Gasteiger partial charge on any atom is 0.190 e. The Kier molecular flexibility index (Phi) is 6.16. The lowest BCUT2D eigenvalue weighted by molar-refractivity contribution is 0.275. The molecule has 3 aromatic rings. The van der Waals surface area contributed by atoms with Crippen molar-refractivity contribution in [3.8, 4) is 28.5 Å². The average Bonchev–Trinajstić information content (AvgIpc) is 3.10. The minimum Gasteiger partial charge on any atom is -0.497 e. The molecule has 142 valence electrons. The molecule has 0 amide bonds. The molecule has 2 aromatic carbocycles. The molecule has 0 aliphatic carbocycles. The summed E-state index contributed by atoms with van der Waals surface area (Å²) < 4.78 is 17.9. The Morgan fingerprint density at radius 2 is 1.70 bits per heavy atom. The summed E-state index contributed by atoms with van der Waals surface area (Å²) in [5.74, 6) is 2.12. The van der Waals surface area contributed by atoms with E-state index >= 15 is 0 Å². The maximum atomic E-state index is 9.53. The lowest BCUT2D eigenvalue weighted by Crippen LogP contribution is -2.17. The van der Waals surface area contributed by atoms with Crippen molar-refractivity contribution in [3.63, 3.8) is 0 Å². The summed E-state index contributed by atoms with van der Waals surface area (Å²) in [5.41, 5.74) is 2.75. The van der Waals surface area contributed by atoms with Gasteiger partial charge in [-0.05, 0) is 42.5 Å². The van der Waals surface area contributed by atoms with Crippen molar-refractivity contribution in [1.29, 1.82) is 0 Å². The van der Waals surface area contributed by atoms with Crippen molar-refractivity contribution in [1.82, 2.24) is 4.57 Å². The van der Waals surface area contributed by atoms with Crippen LogP contribution in [0.2, 0.25) is 0 Å². The molecule has 0 fully saturated rings. The van der Waals surface area contributed by atoms with E-state index in [0.29, 0.717) is 18.0 Å². The molecule has 0 radical (unpaired) electrons. The fourth-order valence-electron chi connectivity index (χ4n) is 2.73. The molecule has 0 aliphatic rings. The molecular weight excluding hydrogens is 364 g/mol. The second kappa shape index (κ2) is 8.75. The van der Waals surface area contributed by atoms with Crippen molar-refractivity contribution in [3.05, 3.63) is 52.6 Å². The second-order valence-electron chi connectivity index (χ2n) is 5.66. The van der Waals surface area contributed by atoms with Crippen LogP contribution >= 0.6 is 11.3 Å². The molecule has 1 N–H and O–H groups in total. The van der Waals surface area contributed by atoms with Gasteiger partial charge in [0.2, 0.25) is 0 Å². The number of ether oxygens (including phenoxy) is 3. The van der Waals surface area contributed by atoms with Crippen LogP contribution in [-0.4, -0.2) is 37.6 Å². The van der Waals surface area contributed by atoms with Gasteiger partial charge in [0.05, 0.1) is 39.3 Å². The minimum atomic E-state index is 0.0207. The summed E-state index contributed by atoms with van der Waals surface area (Å²) in [4.78, 5) is 5.52. The van der Waals surface area contributed by atoms with Crippen molar-refractivity contribution in [2.75, 3.05) is 27.9 Å². The van der Waals surface area contributed by atoms with Crippen LogP contribution < -0.4 is 19.0 Å². The summed E-state index contributed by atoms with van der Waals surface area (Å²) in [6, 6.07) is 13.3. The van der Waals surface area contributed by atoms with E-state index in [-0.39, 0.29) is 6.61 Å². The van der Waals surface area contributed by atoms with E-state index in [1.165, 1.54) is 11.3 Å². The van der Waals surface area contributed by atoms with E-state index in [0.717, 1.165) is 27.5 Å². The molecular formula is C20H22N2O4S. The van der Waals surface area contributed by atoms with Crippen LogP contribution in [0.4, 0.5) is 5.69 Å². The molecule has 27 heavy (non-hydrogen) atoms. The molecule has 0 spiro atoms. The molecule has 1 aromatic heterocycles. The largest absolute Gasteiger partial charge is 0.497 e. The number of aliphatic hydroxyl groups is 1. The maximum absolute atomic E-state index is 9.53. The number of methoxy groups -OCH3 is 3. The SMILES string of the molecule is COc1ccc(N=c2scc(-c3ccc(OC)c(OC)c3)n2CCO)cc1. The second-order valence-corrected chi connectivity index (χ2v) is 6.49. The van der Waals surface area contributed by atoms with Crippen molar-refractivity contribution >= 4 is 17.0 Å². The van der Waals surface area contributed by atoms with Gasteiger partial charge in [-0.15, -0.1) is 11.3 Å². The fraction of sp³-hybridized carbons (Fsp3) is 0.250. The number of hydrogen-bond acceptors (Lipinski definition) is 6. The number of hydrogen-bond donors (Lipinski definition) is 1. The summed E-state index contributed by atoms with van der Waals surface area (Å²) in [5, 5.41) is 11.6. The Morgan fingerprint density at radius 3 is 2.33 bits per heavy atom. The zero-order valence-corrected chi connectivity index (χ0v) is 16.3. The first-order valence-corrected chi connectivity index (χ1v) is 9.28. The monoisotopic (exact) mass is 386 g/mol. The van der Waals surface area contributed by atoms with E-state index in [9.17, 15) is 5.11 Å². The van der Waals surface area contributed by atoms with Gasteiger partial charge < -0.3 is 23.9 Å². The first-order chi connectivity index (χ1) is 13.2. The molecule has 1 heterocycles. The molecule has 0 unspecified atom stereocenters. The van der Waals surface area contributed by atoms with Crippen LogP contribution in [0.25, 0.3) is 11.3 Å². The van der Waals surface area contributed by atoms with Crippen molar-refractivity contribution in [2.45, 2.75) is 6.54 Å². The van der Waals surface area contributed by atoms with Gasteiger partial charge in [0.25, 0.3) is 0 Å². The Labute approximate surface area is 161 Å². The van der Waals surface area contributed by atoms with Crippen molar-refractivity contribution < 1.29 is 19.3 Å². The van der Waals surface area contributed by atoms with Crippen molar-refractivity contribution in [2.24, 2.45) is 4.99 Å². The van der Waals surface area contributed by atoms with Gasteiger partial charge in [0.1, 0.15) is 5.75 Å². The Bertz CT molecular complexity index is 961. The van der Waals surface area contributed by atoms with Crippen LogP contribution in [0.15, 0.2) is 52.8 Å².